The number of aromatic nitrogens is 1. The lowest BCUT2D eigenvalue weighted by Gasteiger charge is -2.22. The fourth-order valence-electron chi connectivity index (χ4n) is 2.57. The molecule has 0 fully saturated rings. The third-order valence-electron chi connectivity index (χ3n) is 3.61. The molecule has 0 saturated carbocycles. The SMILES string of the molecule is CC(C)(C)OC(=O)NC(CCCc1cccc2[nH]ccc12)C(=O)O. The van der Waals surface area contributed by atoms with Crippen LogP contribution < -0.4 is 5.32 Å². The number of amides is 1. The van der Waals surface area contributed by atoms with Gasteiger partial charge in [0.25, 0.3) is 0 Å². The third-order valence-corrected chi connectivity index (χ3v) is 3.61. The second-order valence-electron chi connectivity index (χ2n) is 6.79. The van der Waals surface area contributed by atoms with Crippen molar-refractivity contribution in [3.8, 4) is 0 Å². The molecule has 0 bridgehead atoms. The van der Waals surface area contributed by atoms with Gasteiger partial charge in [-0.2, -0.15) is 0 Å². The summed E-state index contributed by atoms with van der Waals surface area (Å²) >= 11 is 0. The first-order chi connectivity index (χ1) is 11.3. The van der Waals surface area contributed by atoms with Gasteiger partial charge in [0.05, 0.1) is 0 Å². The Bertz CT molecular complexity index is 715. The van der Waals surface area contributed by atoms with Crippen LogP contribution in [0.5, 0.6) is 0 Å². The molecule has 130 valence electrons. The van der Waals surface area contributed by atoms with E-state index in [-0.39, 0.29) is 0 Å². The molecule has 2 rings (SSSR count). The molecule has 1 aromatic heterocycles. The number of carboxylic acid groups (broad SMARTS) is 1. The van der Waals surface area contributed by atoms with Crippen molar-refractivity contribution >= 4 is 23.0 Å². The molecule has 1 atom stereocenters. The Kier molecular flexibility index (Phi) is 5.49. The Labute approximate surface area is 141 Å². The van der Waals surface area contributed by atoms with Crippen LogP contribution in [0.3, 0.4) is 0 Å². The molecule has 6 nitrogen and oxygen atoms in total. The number of fused-ring (bicyclic) bond motifs is 1. The number of H-pyrrole nitrogens is 1. The molecule has 24 heavy (non-hydrogen) atoms. The van der Waals surface area contributed by atoms with Crippen LogP contribution in [0.1, 0.15) is 39.2 Å². The van der Waals surface area contributed by atoms with Gasteiger partial charge in [-0.05, 0) is 57.7 Å². The first kappa shape index (κ1) is 17.8. The van der Waals surface area contributed by atoms with E-state index in [1.807, 2.05) is 30.5 Å². The summed E-state index contributed by atoms with van der Waals surface area (Å²) in [6, 6.07) is 7.07. The minimum Gasteiger partial charge on any atom is -0.480 e. The van der Waals surface area contributed by atoms with Gasteiger partial charge in [0.2, 0.25) is 0 Å². The van der Waals surface area contributed by atoms with Gasteiger partial charge >= 0.3 is 12.1 Å². The molecule has 0 aliphatic rings. The lowest BCUT2D eigenvalue weighted by atomic mass is 10.0. The van der Waals surface area contributed by atoms with Gasteiger partial charge in [-0.25, -0.2) is 9.59 Å². The van der Waals surface area contributed by atoms with E-state index in [0.29, 0.717) is 12.8 Å². The summed E-state index contributed by atoms with van der Waals surface area (Å²) < 4.78 is 5.11. The molecule has 1 heterocycles. The average Bonchev–Trinajstić information content (AvgIpc) is 2.93. The van der Waals surface area contributed by atoms with Crippen molar-refractivity contribution in [3.63, 3.8) is 0 Å². The standard InChI is InChI=1S/C18H24N2O4/c1-18(2,3)24-17(23)20-15(16(21)22)9-5-7-12-6-4-8-14-13(12)10-11-19-14/h4,6,8,10-11,15,19H,5,7,9H2,1-3H3,(H,20,23)(H,21,22). The van der Waals surface area contributed by atoms with Gasteiger partial charge < -0.3 is 20.1 Å². The summed E-state index contributed by atoms with van der Waals surface area (Å²) in [4.78, 5) is 26.2. The predicted molar refractivity (Wildman–Crippen MR) is 92.0 cm³/mol. The minimum absolute atomic E-state index is 0.343. The minimum atomic E-state index is -1.05. The molecule has 0 saturated heterocycles. The highest BCUT2D eigenvalue weighted by Gasteiger charge is 2.23. The highest BCUT2D eigenvalue weighted by Crippen LogP contribution is 2.19. The number of benzene rings is 1. The maximum absolute atomic E-state index is 11.7. The van der Waals surface area contributed by atoms with Crippen LogP contribution in [0, 0.1) is 0 Å². The highest BCUT2D eigenvalue weighted by atomic mass is 16.6. The number of aliphatic carboxylic acids is 1. The van der Waals surface area contributed by atoms with E-state index in [1.165, 1.54) is 0 Å². The maximum atomic E-state index is 11.7. The smallest absolute Gasteiger partial charge is 0.408 e. The molecule has 2 aromatic rings. The fraction of sp³-hybridized carbons (Fsp3) is 0.444. The second-order valence-corrected chi connectivity index (χ2v) is 6.79. The lowest BCUT2D eigenvalue weighted by molar-refractivity contribution is -0.139. The van der Waals surface area contributed by atoms with Crippen LogP contribution in [0.25, 0.3) is 10.9 Å². The van der Waals surface area contributed by atoms with Crippen molar-refractivity contribution in [2.24, 2.45) is 0 Å². The first-order valence-electron chi connectivity index (χ1n) is 8.03. The van der Waals surface area contributed by atoms with Crippen molar-refractivity contribution in [1.82, 2.24) is 10.3 Å². The molecule has 0 aliphatic heterocycles. The van der Waals surface area contributed by atoms with Crippen LogP contribution in [0.15, 0.2) is 30.5 Å². The molecule has 6 heteroatoms. The zero-order valence-electron chi connectivity index (χ0n) is 14.3. The normalized spacial score (nSPS) is 12.8. The molecule has 1 unspecified atom stereocenters. The molecule has 0 aliphatic carbocycles. The quantitative estimate of drug-likeness (QED) is 0.755. The largest absolute Gasteiger partial charge is 0.480 e. The van der Waals surface area contributed by atoms with E-state index in [2.05, 4.69) is 10.3 Å². The molecule has 0 radical (unpaired) electrons. The average molecular weight is 332 g/mol. The van der Waals surface area contributed by atoms with E-state index < -0.39 is 23.7 Å². The number of ether oxygens (including phenoxy) is 1. The number of alkyl carbamates (subject to hydrolysis) is 1. The Balaban J connectivity index is 1.91. The lowest BCUT2D eigenvalue weighted by Crippen LogP contribution is -2.43. The topological polar surface area (TPSA) is 91.4 Å². The number of rotatable bonds is 6. The highest BCUT2D eigenvalue weighted by molar-refractivity contribution is 5.83. The number of carbonyl (C=O) groups excluding carboxylic acids is 1. The van der Waals surface area contributed by atoms with E-state index in [4.69, 9.17) is 4.74 Å². The van der Waals surface area contributed by atoms with Crippen molar-refractivity contribution in [2.75, 3.05) is 0 Å². The second kappa shape index (κ2) is 7.38. The van der Waals surface area contributed by atoms with E-state index >= 15 is 0 Å². The number of hydrogen-bond acceptors (Lipinski definition) is 3. The Hall–Kier alpha value is -2.50. The molecule has 0 spiro atoms. The molecular formula is C18H24N2O4. The van der Waals surface area contributed by atoms with Crippen LogP contribution >= 0.6 is 0 Å². The molecular weight excluding hydrogens is 308 g/mol. The summed E-state index contributed by atoms with van der Waals surface area (Å²) in [6.07, 6.45) is 2.92. The maximum Gasteiger partial charge on any atom is 0.408 e. The van der Waals surface area contributed by atoms with Crippen LogP contribution in [-0.4, -0.2) is 33.8 Å². The Morgan fingerprint density at radius 2 is 2.04 bits per heavy atom. The third kappa shape index (κ3) is 5.01. The zero-order chi connectivity index (χ0) is 17.7. The van der Waals surface area contributed by atoms with Gasteiger partial charge in [-0.1, -0.05) is 12.1 Å². The summed E-state index contributed by atoms with van der Waals surface area (Å²) in [5, 5.41) is 12.8. The number of nitrogens with one attached hydrogen (secondary N) is 2. The van der Waals surface area contributed by atoms with Crippen molar-refractivity contribution < 1.29 is 19.4 Å². The zero-order valence-corrected chi connectivity index (χ0v) is 14.3. The molecule has 1 amide bonds. The number of hydrogen-bond donors (Lipinski definition) is 3. The Morgan fingerprint density at radius 1 is 1.29 bits per heavy atom. The number of aryl methyl sites for hydroxylation is 1. The van der Waals surface area contributed by atoms with E-state index in [9.17, 15) is 14.7 Å². The number of carboxylic acids is 1. The van der Waals surface area contributed by atoms with Gasteiger partial charge in [-0.3, -0.25) is 0 Å². The molecule has 1 aromatic carbocycles. The van der Waals surface area contributed by atoms with E-state index in [0.717, 1.165) is 22.9 Å². The van der Waals surface area contributed by atoms with Crippen LogP contribution in [-0.2, 0) is 16.0 Å². The predicted octanol–water partition coefficient (Wildman–Crippen LogP) is 3.47. The van der Waals surface area contributed by atoms with Crippen molar-refractivity contribution in [3.05, 3.63) is 36.0 Å². The summed E-state index contributed by atoms with van der Waals surface area (Å²) in [5.74, 6) is -1.05. The van der Waals surface area contributed by atoms with Gasteiger partial charge in [0, 0.05) is 17.1 Å². The number of aromatic amines is 1. The van der Waals surface area contributed by atoms with E-state index in [1.54, 1.807) is 20.8 Å². The van der Waals surface area contributed by atoms with Gasteiger partial charge in [0.1, 0.15) is 11.6 Å². The summed E-state index contributed by atoms with van der Waals surface area (Å²) in [6.45, 7) is 5.21. The van der Waals surface area contributed by atoms with Gasteiger partial charge in [-0.15, -0.1) is 0 Å². The monoisotopic (exact) mass is 332 g/mol. The van der Waals surface area contributed by atoms with Crippen molar-refractivity contribution in [1.29, 1.82) is 0 Å². The Morgan fingerprint density at radius 3 is 2.71 bits per heavy atom. The van der Waals surface area contributed by atoms with Crippen molar-refractivity contribution in [2.45, 2.75) is 51.7 Å². The summed E-state index contributed by atoms with van der Waals surface area (Å²) in [5.41, 5.74) is 1.57. The summed E-state index contributed by atoms with van der Waals surface area (Å²) in [7, 11) is 0. The molecule has 3 N–H and O–H groups in total. The fourth-order valence-corrected chi connectivity index (χ4v) is 2.57. The van der Waals surface area contributed by atoms with Crippen LogP contribution in [0.4, 0.5) is 4.79 Å². The number of carbonyl (C=O) groups is 2. The van der Waals surface area contributed by atoms with Gasteiger partial charge in [0.15, 0.2) is 0 Å². The van der Waals surface area contributed by atoms with Crippen LogP contribution in [0.2, 0.25) is 0 Å². The first-order valence-corrected chi connectivity index (χ1v) is 8.03.